The third-order valence-corrected chi connectivity index (χ3v) is 5.62. The van der Waals surface area contributed by atoms with Gasteiger partial charge in [0.05, 0.1) is 10.2 Å². The maximum atomic E-state index is 13.1. The standard InChI is InChI=1S/C20H16N4O4S/c1-12-5-7-14(8-6-12)23-19(26)17(29-20(23)16(11-21)18(22)25)10-13-3-2-4-15(9-13)24(27)28/h2-9,17H,10H2,1H3,(H2,22,25)/b20-16+/t17-/m0/s1. The Labute approximate surface area is 170 Å². The zero-order valence-electron chi connectivity index (χ0n) is 15.4. The van der Waals surface area contributed by atoms with Gasteiger partial charge in [-0.2, -0.15) is 5.26 Å². The molecule has 9 heteroatoms. The molecule has 146 valence electrons. The number of aryl methyl sites for hydroxylation is 1. The first-order valence-electron chi connectivity index (χ1n) is 8.56. The summed E-state index contributed by atoms with van der Waals surface area (Å²) in [5, 5.41) is 19.9. The monoisotopic (exact) mass is 408 g/mol. The Morgan fingerprint density at radius 2 is 2.00 bits per heavy atom. The highest BCUT2D eigenvalue weighted by molar-refractivity contribution is 8.05. The minimum Gasteiger partial charge on any atom is -0.365 e. The van der Waals surface area contributed by atoms with Crippen molar-refractivity contribution in [2.45, 2.75) is 18.6 Å². The molecule has 2 N–H and O–H groups in total. The quantitative estimate of drug-likeness (QED) is 0.350. The van der Waals surface area contributed by atoms with Gasteiger partial charge in [-0.1, -0.05) is 41.6 Å². The number of non-ortho nitro benzene ring substituents is 1. The average molecular weight is 408 g/mol. The van der Waals surface area contributed by atoms with Crippen LogP contribution in [0, 0.1) is 28.4 Å². The number of hydrogen-bond donors (Lipinski definition) is 1. The third-order valence-electron chi connectivity index (χ3n) is 4.36. The van der Waals surface area contributed by atoms with Gasteiger partial charge in [0.1, 0.15) is 16.7 Å². The van der Waals surface area contributed by atoms with Gasteiger partial charge in [0.2, 0.25) is 5.91 Å². The van der Waals surface area contributed by atoms with Crippen LogP contribution in [0.4, 0.5) is 11.4 Å². The Bertz CT molecular complexity index is 1070. The van der Waals surface area contributed by atoms with Crippen LogP contribution in [-0.2, 0) is 16.0 Å². The van der Waals surface area contributed by atoms with Crippen molar-refractivity contribution in [1.82, 2.24) is 0 Å². The van der Waals surface area contributed by atoms with Crippen LogP contribution in [0.3, 0.4) is 0 Å². The molecule has 1 fully saturated rings. The molecular weight excluding hydrogens is 392 g/mol. The molecule has 0 aromatic heterocycles. The van der Waals surface area contributed by atoms with Crippen LogP contribution in [0.5, 0.6) is 0 Å². The number of primary amides is 1. The van der Waals surface area contributed by atoms with Crippen LogP contribution in [0.15, 0.2) is 59.1 Å². The minimum atomic E-state index is -0.920. The number of anilines is 1. The van der Waals surface area contributed by atoms with Crippen molar-refractivity contribution in [2.24, 2.45) is 5.73 Å². The van der Waals surface area contributed by atoms with Crippen molar-refractivity contribution in [2.75, 3.05) is 4.90 Å². The Morgan fingerprint density at radius 3 is 2.59 bits per heavy atom. The van der Waals surface area contributed by atoms with E-state index in [1.165, 1.54) is 17.0 Å². The number of nitro groups is 1. The summed E-state index contributed by atoms with van der Waals surface area (Å²) in [5.41, 5.74) is 7.08. The molecule has 0 radical (unpaired) electrons. The summed E-state index contributed by atoms with van der Waals surface area (Å²) in [4.78, 5) is 36.7. The predicted molar refractivity (Wildman–Crippen MR) is 109 cm³/mol. The van der Waals surface area contributed by atoms with Crippen LogP contribution in [0.2, 0.25) is 0 Å². The normalized spacial score (nSPS) is 17.7. The van der Waals surface area contributed by atoms with Gasteiger partial charge >= 0.3 is 0 Å². The molecule has 1 saturated heterocycles. The van der Waals surface area contributed by atoms with Crippen molar-refractivity contribution in [3.63, 3.8) is 0 Å². The van der Waals surface area contributed by atoms with Gasteiger partial charge in [0, 0.05) is 17.8 Å². The first-order chi connectivity index (χ1) is 13.8. The van der Waals surface area contributed by atoms with Crippen LogP contribution in [-0.4, -0.2) is 22.0 Å². The number of amides is 2. The second-order valence-electron chi connectivity index (χ2n) is 6.40. The lowest BCUT2D eigenvalue weighted by Gasteiger charge is -2.18. The zero-order chi connectivity index (χ0) is 21.1. The number of carbonyl (C=O) groups excluding carboxylic acids is 2. The van der Waals surface area contributed by atoms with E-state index in [-0.39, 0.29) is 28.6 Å². The molecule has 0 saturated carbocycles. The van der Waals surface area contributed by atoms with Crippen LogP contribution in [0.25, 0.3) is 0 Å². The van der Waals surface area contributed by atoms with E-state index < -0.39 is 16.1 Å². The molecule has 0 spiro atoms. The van der Waals surface area contributed by atoms with E-state index in [1.807, 2.05) is 19.1 Å². The Kier molecular flexibility index (Phi) is 5.66. The summed E-state index contributed by atoms with van der Waals surface area (Å²) in [6.07, 6.45) is 0.203. The summed E-state index contributed by atoms with van der Waals surface area (Å²) in [7, 11) is 0. The average Bonchev–Trinajstić information content (AvgIpc) is 2.99. The number of nitrogens with zero attached hydrogens (tertiary/aromatic N) is 3. The number of carbonyl (C=O) groups is 2. The second kappa shape index (κ2) is 8.16. The van der Waals surface area contributed by atoms with Crippen LogP contribution in [0.1, 0.15) is 11.1 Å². The fourth-order valence-corrected chi connectivity index (χ4v) is 4.26. The van der Waals surface area contributed by atoms with Crippen molar-refractivity contribution in [3.8, 4) is 6.07 Å². The lowest BCUT2D eigenvalue weighted by atomic mass is 10.1. The Balaban J connectivity index is 2.01. The molecule has 3 rings (SSSR count). The van der Waals surface area contributed by atoms with Gasteiger partial charge in [0.25, 0.3) is 11.6 Å². The molecule has 1 aliphatic rings. The SMILES string of the molecule is Cc1ccc(N2C(=O)[C@H](Cc3cccc([N+](=O)[O-])c3)S/C2=C(\C#N)C(N)=O)cc1. The van der Waals surface area contributed by atoms with Gasteiger partial charge in [-0.05, 0) is 31.0 Å². The first-order valence-corrected chi connectivity index (χ1v) is 9.44. The molecule has 2 amide bonds. The molecule has 1 atom stereocenters. The molecule has 1 heterocycles. The number of benzene rings is 2. The van der Waals surface area contributed by atoms with Crippen LogP contribution >= 0.6 is 11.8 Å². The summed E-state index contributed by atoms with van der Waals surface area (Å²) in [5.74, 6) is -1.25. The number of hydrogen-bond acceptors (Lipinski definition) is 6. The number of nitro benzene ring substituents is 1. The smallest absolute Gasteiger partial charge is 0.269 e. The molecule has 2 aromatic carbocycles. The largest absolute Gasteiger partial charge is 0.365 e. The molecule has 0 aliphatic carbocycles. The summed E-state index contributed by atoms with van der Waals surface area (Å²) < 4.78 is 0. The number of nitriles is 1. The lowest BCUT2D eigenvalue weighted by molar-refractivity contribution is -0.384. The highest BCUT2D eigenvalue weighted by Gasteiger charge is 2.40. The Morgan fingerprint density at radius 1 is 1.31 bits per heavy atom. The maximum Gasteiger partial charge on any atom is 0.269 e. The maximum absolute atomic E-state index is 13.1. The van der Waals surface area contributed by atoms with Gasteiger partial charge in [-0.3, -0.25) is 24.6 Å². The summed E-state index contributed by atoms with van der Waals surface area (Å²) in [6.45, 7) is 1.90. The van der Waals surface area contributed by atoms with Gasteiger partial charge < -0.3 is 5.73 Å². The van der Waals surface area contributed by atoms with E-state index in [4.69, 9.17) is 5.73 Å². The van der Waals surface area contributed by atoms with E-state index in [0.717, 1.165) is 17.3 Å². The molecule has 29 heavy (non-hydrogen) atoms. The first kappa shape index (κ1) is 20.1. The van der Waals surface area contributed by atoms with Crippen molar-refractivity contribution in [1.29, 1.82) is 5.26 Å². The minimum absolute atomic E-state index is 0.0704. The van der Waals surface area contributed by atoms with E-state index in [0.29, 0.717) is 11.3 Å². The number of rotatable bonds is 5. The highest BCUT2D eigenvalue weighted by atomic mass is 32.2. The van der Waals surface area contributed by atoms with E-state index in [1.54, 1.807) is 30.3 Å². The van der Waals surface area contributed by atoms with Gasteiger partial charge in [0.15, 0.2) is 0 Å². The van der Waals surface area contributed by atoms with Crippen LogP contribution < -0.4 is 10.6 Å². The van der Waals surface area contributed by atoms with Crippen molar-refractivity contribution < 1.29 is 14.5 Å². The second-order valence-corrected chi connectivity index (χ2v) is 7.59. The zero-order valence-corrected chi connectivity index (χ0v) is 16.2. The molecule has 8 nitrogen and oxygen atoms in total. The topological polar surface area (TPSA) is 130 Å². The fraction of sp³-hybridized carbons (Fsp3) is 0.150. The molecule has 1 aliphatic heterocycles. The van der Waals surface area contributed by atoms with Gasteiger partial charge in [-0.25, -0.2) is 0 Å². The Hall–Kier alpha value is -3.64. The van der Waals surface area contributed by atoms with E-state index >= 15 is 0 Å². The van der Waals surface area contributed by atoms with E-state index in [2.05, 4.69) is 0 Å². The molecule has 0 bridgehead atoms. The van der Waals surface area contributed by atoms with Crippen molar-refractivity contribution in [3.05, 3.63) is 80.4 Å². The molecule has 0 unspecified atom stereocenters. The fourth-order valence-electron chi connectivity index (χ4n) is 2.94. The summed E-state index contributed by atoms with van der Waals surface area (Å²) >= 11 is 1.06. The molecular formula is C20H16N4O4S. The number of thioether (sulfide) groups is 1. The summed E-state index contributed by atoms with van der Waals surface area (Å²) in [6, 6.07) is 14.9. The number of nitrogens with two attached hydrogens (primary N) is 1. The third kappa shape index (κ3) is 4.12. The predicted octanol–water partition coefficient (Wildman–Crippen LogP) is 2.81. The van der Waals surface area contributed by atoms with Crippen molar-refractivity contribution >= 4 is 35.0 Å². The molecule has 2 aromatic rings. The van der Waals surface area contributed by atoms with Gasteiger partial charge in [-0.15, -0.1) is 0 Å². The lowest BCUT2D eigenvalue weighted by Crippen LogP contribution is -2.31. The van der Waals surface area contributed by atoms with E-state index in [9.17, 15) is 25.0 Å². The highest BCUT2D eigenvalue weighted by Crippen LogP contribution is 2.42.